The summed E-state index contributed by atoms with van der Waals surface area (Å²) in [6.07, 6.45) is 1.18. The number of ether oxygens (including phenoxy) is 2. The summed E-state index contributed by atoms with van der Waals surface area (Å²) >= 11 is 0. The molecule has 1 atom stereocenters. The van der Waals surface area contributed by atoms with E-state index in [1.54, 1.807) is 31.7 Å². The minimum Gasteiger partial charge on any atom is -0.457 e. The second kappa shape index (κ2) is 10.2. The fraction of sp³-hybridized carbons (Fsp3) is 0.550. The number of aryl methyl sites for hydroxylation is 3. The SMILES string of the molecule is COCC(C)n1c(C)cc(C(=O)COC(=O)CCNS(=O)(=O)c2cn(C)c(C)n2)c1C. The molecule has 0 spiro atoms. The van der Waals surface area contributed by atoms with Crippen molar-refractivity contribution in [2.45, 2.75) is 45.2 Å². The van der Waals surface area contributed by atoms with Gasteiger partial charge in [0.05, 0.1) is 19.1 Å². The highest BCUT2D eigenvalue weighted by Crippen LogP contribution is 2.21. The molecule has 0 bridgehead atoms. The average molecular weight is 455 g/mol. The predicted molar refractivity (Wildman–Crippen MR) is 114 cm³/mol. The molecule has 1 unspecified atom stereocenters. The molecule has 2 aromatic heterocycles. The topological polar surface area (TPSA) is 122 Å². The molecule has 0 radical (unpaired) electrons. The summed E-state index contributed by atoms with van der Waals surface area (Å²) in [6.45, 7) is 7.35. The molecule has 172 valence electrons. The van der Waals surface area contributed by atoms with Crippen molar-refractivity contribution in [2.24, 2.45) is 7.05 Å². The molecule has 11 heteroatoms. The molecule has 0 aliphatic rings. The third kappa shape index (κ3) is 6.02. The molecule has 1 N–H and O–H groups in total. The van der Waals surface area contributed by atoms with Crippen molar-refractivity contribution in [2.75, 3.05) is 26.9 Å². The zero-order chi connectivity index (χ0) is 23.3. The lowest BCUT2D eigenvalue weighted by Gasteiger charge is -2.17. The summed E-state index contributed by atoms with van der Waals surface area (Å²) in [4.78, 5) is 28.4. The van der Waals surface area contributed by atoms with Crippen molar-refractivity contribution in [3.63, 3.8) is 0 Å². The molecule has 2 aromatic rings. The first-order chi connectivity index (χ1) is 14.5. The van der Waals surface area contributed by atoms with Crippen molar-refractivity contribution in [3.05, 3.63) is 35.0 Å². The van der Waals surface area contributed by atoms with Crippen LogP contribution in [0.3, 0.4) is 0 Å². The van der Waals surface area contributed by atoms with Gasteiger partial charge < -0.3 is 18.6 Å². The summed E-state index contributed by atoms with van der Waals surface area (Å²) < 4.78 is 40.5. The highest BCUT2D eigenvalue weighted by Gasteiger charge is 2.21. The molecule has 0 saturated heterocycles. The monoisotopic (exact) mass is 454 g/mol. The fourth-order valence-corrected chi connectivity index (χ4v) is 4.43. The van der Waals surface area contributed by atoms with Gasteiger partial charge in [-0.25, -0.2) is 18.1 Å². The molecule has 0 aliphatic heterocycles. The molecule has 2 heterocycles. The summed E-state index contributed by atoms with van der Waals surface area (Å²) in [7, 11) is -0.518. The molecular formula is C20H30N4O6S. The Kier molecular flexibility index (Phi) is 8.15. The maximum absolute atomic E-state index is 12.5. The van der Waals surface area contributed by atoms with Crippen molar-refractivity contribution >= 4 is 21.8 Å². The zero-order valence-corrected chi connectivity index (χ0v) is 19.6. The number of ketones is 1. The van der Waals surface area contributed by atoms with Gasteiger partial charge in [0.2, 0.25) is 5.78 Å². The molecule has 0 aliphatic carbocycles. The van der Waals surface area contributed by atoms with Gasteiger partial charge in [-0.2, -0.15) is 0 Å². The van der Waals surface area contributed by atoms with Crippen LogP contribution in [0.2, 0.25) is 0 Å². The van der Waals surface area contributed by atoms with E-state index < -0.39 is 22.6 Å². The van der Waals surface area contributed by atoms with Gasteiger partial charge >= 0.3 is 5.97 Å². The van der Waals surface area contributed by atoms with Gasteiger partial charge in [0.25, 0.3) is 10.0 Å². The number of carbonyl (C=O) groups is 2. The van der Waals surface area contributed by atoms with Gasteiger partial charge in [-0.3, -0.25) is 9.59 Å². The van der Waals surface area contributed by atoms with Crippen LogP contribution in [0.4, 0.5) is 0 Å². The van der Waals surface area contributed by atoms with Gasteiger partial charge in [-0.1, -0.05) is 0 Å². The number of aromatic nitrogens is 3. The largest absolute Gasteiger partial charge is 0.457 e. The normalized spacial score (nSPS) is 12.7. The number of carbonyl (C=O) groups excluding carboxylic acids is 2. The standard InChI is InChI=1S/C20H30N4O6S/c1-13-9-17(15(3)24(13)14(2)11-29-6)18(25)12-30-20(26)7-8-21-31(27,28)19-10-23(5)16(4)22-19/h9-10,14,21H,7-8,11-12H2,1-6H3. The molecular weight excluding hydrogens is 424 g/mol. The quantitative estimate of drug-likeness (QED) is 0.403. The number of sulfonamides is 1. The number of Topliss-reactive ketones (excluding diaryl/α,β-unsaturated/α-hetero) is 1. The van der Waals surface area contributed by atoms with E-state index >= 15 is 0 Å². The van der Waals surface area contributed by atoms with Crippen molar-refractivity contribution in [1.82, 2.24) is 18.8 Å². The second-order valence-corrected chi connectivity index (χ2v) is 9.14. The van der Waals surface area contributed by atoms with E-state index in [-0.39, 0.29) is 29.8 Å². The van der Waals surface area contributed by atoms with Crippen LogP contribution in [0.15, 0.2) is 17.3 Å². The smallest absolute Gasteiger partial charge is 0.307 e. The minimum absolute atomic E-state index is 0.0602. The van der Waals surface area contributed by atoms with Crippen LogP contribution < -0.4 is 4.72 Å². The van der Waals surface area contributed by atoms with Crippen LogP contribution in [-0.4, -0.2) is 61.2 Å². The van der Waals surface area contributed by atoms with E-state index in [0.717, 1.165) is 11.4 Å². The number of imidazole rings is 1. The Morgan fingerprint density at radius 3 is 2.52 bits per heavy atom. The van der Waals surface area contributed by atoms with E-state index in [4.69, 9.17) is 9.47 Å². The number of esters is 1. The predicted octanol–water partition coefficient (Wildman–Crippen LogP) is 1.45. The third-order valence-electron chi connectivity index (χ3n) is 4.98. The van der Waals surface area contributed by atoms with Gasteiger partial charge in [0.1, 0.15) is 5.82 Å². The first-order valence-corrected chi connectivity index (χ1v) is 11.3. The average Bonchev–Trinajstić information content (AvgIpc) is 3.18. The molecule has 0 amide bonds. The number of methoxy groups -OCH3 is 1. The summed E-state index contributed by atoms with van der Waals surface area (Å²) in [6, 6.07) is 1.82. The third-order valence-corrected chi connectivity index (χ3v) is 6.31. The van der Waals surface area contributed by atoms with Crippen molar-refractivity contribution < 1.29 is 27.5 Å². The lowest BCUT2D eigenvalue weighted by molar-refractivity contribution is -0.142. The number of hydrogen-bond acceptors (Lipinski definition) is 7. The zero-order valence-electron chi connectivity index (χ0n) is 18.8. The Labute approximate surface area is 182 Å². The summed E-state index contributed by atoms with van der Waals surface area (Å²) in [5.74, 6) is -0.439. The van der Waals surface area contributed by atoms with E-state index in [0.29, 0.717) is 18.0 Å². The summed E-state index contributed by atoms with van der Waals surface area (Å²) in [5.41, 5.74) is 2.18. The lowest BCUT2D eigenvalue weighted by Crippen LogP contribution is -2.27. The maximum Gasteiger partial charge on any atom is 0.307 e. The van der Waals surface area contributed by atoms with Crippen LogP contribution in [0, 0.1) is 20.8 Å². The van der Waals surface area contributed by atoms with Gasteiger partial charge in [0.15, 0.2) is 11.6 Å². The molecule has 0 saturated carbocycles. The lowest BCUT2D eigenvalue weighted by atomic mass is 10.1. The Hall–Kier alpha value is -2.50. The van der Waals surface area contributed by atoms with Crippen LogP contribution >= 0.6 is 0 Å². The van der Waals surface area contributed by atoms with Gasteiger partial charge in [-0.05, 0) is 33.8 Å². The van der Waals surface area contributed by atoms with E-state index in [9.17, 15) is 18.0 Å². The molecule has 2 rings (SSSR count). The van der Waals surface area contributed by atoms with Gasteiger partial charge in [-0.15, -0.1) is 0 Å². The first kappa shape index (κ1) is 24.8. The highest BCUT2D eigenvalue weighted by atomic mass is 32.2. The number of rotatable bonds is 11. The Morgan fingerprint density at radius 1 is 1.26 bits per heavy atom. The van der Waals surface area contributed by atoms with Crippen LogP contribution in [0.25, 0.3) is 0 Å². The Balaban J connectivity index is 1.87. The van der Waals surface area contributed by atoms with E-state index in [1.165, 1.54) is 6.20 Å². The number of nitrogens with zero attached hydrogens (tertiary/aromatic N) is 3. The van der Waals surface area contributed by atoms with Crippen LogP contribution in [-0.2, 0) is 31.3 Å². The molecule has 10 nitrogen and oxygen atoms in total. The molecule has 0 aromatic carbocycles. The highest BCUT2D eigenvalue weighted by molar-refractivity contribution is 7.89. The van der Waals surface area contributed by atoms with Crippen LogP contribution in [0.5, 0.6) is 0 Å². The number of nitrogens with one attached hydrogen (secondary N) is 1. The van der Waals surface area contributed by atoms with Crippen molar-refractivity contribution in [3.8, 4) is 0 Å². The van der Waals surface area contributed by atoms with Gasteiger partial charge in [0, 0.05) is 43.9 Å². The molecule has 0 fully saturated rings. The molecule has 31 heavy (non-hydrogen) atoms. The maximum atomic E-state index is 12.5. The Bertz CT molecular complexity index is 1030. The van der Waals surface area contributed by atoms with E-state index in [1.807, 2.05) is 25.3 Å². The minimum atomic E-state index is -3.82. The fourth-order valence-electron chi connectivity index (χ4n) is 3.37. The van der Waals surface area contributed by atoms with Crippen LogP contribution in [0.1, 0.15) is 47.0 Å². The summed E-state index contributed by atoms with van der Waals surface area (Å²) in [5, 5.41) is -0.117. The second-order valence-electron chi connectivity index (χ2n) is 7.43. The number of hydrogen-bond donors (Lipinski definition) is 1. The van der Waals surface area contributed by atoms with Crippen molar-refractivity contribution in [1.29, 1.82) is 0 Å². The van der Waals surface area contributed by atoms with E-state index in [2.05, 4.69) is 9.71 Å². The first-order valence-electron chi connectivity index (χ1n) is 9.83. The Morgan fingerprint density at radius 2 is 1.94 bits per heavy atom.